The minimum absolute atomic E-state index is 0.675. The van der Waals surface area contributed by atoms with E-state index in [4.69, 9.17) is 15.1 Å². The second kappa shape index (κ2) is 13.8. The maximum atomic E-state index is 5.45. The lowest BCUT2D eigenvalue weighted by Gasteiger charge is -2.13. The number of aromatic nitrogens is 4. The van der Waals surface area contributed by atoms with Crippen LogP contribution in [-0.4, -0.2) is 19.7 Å². The summed E-state index contributed by atoms with van der Waals surface area (Å²) in [5.41, 5.74) is 13.3. The first-order valence-corrected chi connectivity index (χ1v) is 18.5. The molecule has 0 unspecified atom stereocenters. The molecule has 4 nitrogen and oxygen atoms in total. The predicted octanol–water partition coefficient (Wildman–Crippen LogP) is 13.0. The quantitative estimate of drug-likeness (QED) is 0.166. The SMILES string of the molecule is c1ccc(-c2cccc(-c3nc(-c4ccccc4)cc(-c4cccc(-n5nc(-c6ccccc6)c6c(-c7ccccc7)cc7ccccc7c65)c4)n3)c2)cc1. The normalized spacial score (nSPS) is 11.3. The molecule has 10 rings (SSSR count). The van der Waals surface area contributed by atoms with Gasteiger partial charge in [-0.05, 0) is 58.0 Å². The van der Waals surface area contributed by atoms with E-state index in [1.54, 1.807) is 0 Å². The summed E-state index contributed by atoms with van der Waals surface area (Å²) in [6.07, 6.45) is 0. The monoisotopic (exact) mass is 702 g/mol. The van der Waals surface area contributed by atoms with Crippen molar-refractivity contribution in [1.29, 1.82) is 0 Å². The third-order valence-corrected chi connectivity index (χ3v) is 10.2. The molecule has 2 heterocycles. The molecule has 8 aromatic carbocycles. The van der Waals surface area contributed by atoms with Gasteiger partial charge in [-0.2, -0.15) is 5.10 Å². The first kappa shape index (κ1) is 32.2. The minimum Gasteiger partial charge on any atom is -0.232 e. The van der Waals surface area contributed by atoms with Crippen molar-refractivity contribution in [2.45, 2.75) is 0 Å². The lowest BCUT2D eigenvalue weighted by molar-refractivity contribution is 0.918. The Morgan fingerprint density at radius 2 is 0.909 bits per heavy atom. The molecule has 258 valence electrons. The molecule has 2 aromatic heterocycles. The topological polar surface area (TPSA) is 43.6 Å². The summed E-state index contributed by atoms with van der Waals surface area (Å²) in [5, 5.41) is 8.88. The van der Waals surface area contributed by atoms with Crippen molar-refractivity contribution >= 4 is 21.7 Å². The zero-order chi connectivity index (χ0) is 36.6. The van der Waals surface area contributed by atoms with E-state index >= 15 is 0 Å². The molecular formula is C51H34N4. The summed E-state index contributed by atoms with van der Waals surface area (Å²) in [5.74, 6) is 0.675. The molecule has 0 aliphatic carbocycles. The Morgan fingerprint density at radius 1 is 0.364 bits per heavy atom. The minimum atomic E-state index is 0.675. The summed E-state index contributed by atoms with van der Waals surface area (Å²) in [4.78, 5) is 10.4. The van der Waals surface area contributed by atoms with Crippen molar-refractivity contribution in [1.82, 2.24) is 19.7 Å². The molecule has 0 aliphatic rings. The molecule has 0 N–H and O–H groups in total. The summed E-state index contributed by atoms with van der Waals surface area (Å²) in [6.45, 7) is 0. The van der Waals surface area contributed by atoms with E-state index in [9.17, 15) is 0 Å². The Balaban J connectivity index is 1.19. The van der Waals surface area contributed by atoms with Crippen LogP contribution < -0.4 is 0 Å². The van der Waals surface area contributed by atoms with Gasteiger partial charge in [-0.3, -0.25) is 0 Å². The van der Waals surface area contributed by atoms with E-state index in [0.717, 1.165) is 89.0 Å². The molecule has 0 bridgehead atoms. The first-order valence-electron chi connectivity index (χ1n) is 18.5. The second-order valence-corrected chi connectivity index (χ2v) is 13.7. The van der Waals surface area contributed by atoms with Crippen LogP contribution in [0, 0.1) is 0 Å². The summed E-state index contributed by atoms with van der Waals surface area (Å²) < 4.78 is 2.12. The zero-order valence-electron chi connectivity index (χ0n) is 29.9. The number of hydrogen-bond acceptors (Lipinski definition) is 3. The molecule has 0 saturated heterocycles. The molecule has 55 heavy (non-hydrogen) atoms. The maximum absolute atomic E-state index is 5.45. The van der Waals surface area contributed by atoms with Crippen LogP contribution in [0.25, 0.3) is 94.8 Å². The van der Waals surface area contributed by atoms with Gasteiger partial charge in [0, 0.05) is 33.0 Å². The number of hydrogen-bond donors (Lipinski definition) is 0. The second-order valence-electron chi connectivity index (χ2n) is 13.7. The van der Waals surface area contributed by atoms with Gasteiger partial charge in [0.25, 0.3) is 0 Å². The fraction of sp³-hybridized carbons (Fsp3) is 0. The van der Waals surface area contributed by atoms with Crippen LogP contribution in [0.5, 0.6) is 0 Å². The van der Waals surface area contributed by atoms with Gasteiger partial charge in [-0.1, -0.05) is 176 Å². The van der Waals surface area contributed by atoms with E-state index in [1.807, 2.05) is 12.1 Å². The Labute approximate surface area is 319 Å². The fourth-order valence-corrected chi connectivity index (χ4v) is 7.56. The van der Waals surface area contributed by atoms with Gasteiger partial charge in [0.1, 0.15) is 5.69 Å². The number of nitrogens with zero attached hydrogens (tertiary/aromatic N) is 4. The van der Waals surface area contributed by atoms with Crippen molar-refractivity contribution in [3.8, 4) is 73.1 Å². The average Bonchev–Trinajstić information content (AvgIpc) is 3.69. The highest BCUT2D eigenvalue weighted by Gasteiger charge is 2.21. The van der Waals surface area contributed by atoms with Gasteiger partial charge in [0.2, 0.25) is 0 Å². The Kier molecular flexibility index (Phi) is 8.12. The van der Waals surface area contributed by atoms with Gasteiger partial charge in [-0.25, -0.2) is 14.6 Å². The third-order valence-electron chi connectivity index (χ3n) is 10.2. The van der Waals surface area contributed by atoms with Crippen LogP contribution in [0.2, 0.25) is 0 Å². The molecule has 0 aliphatic heterocycles. The molecule has 10 aromatic rings. The first-order chi connectivity index (χ1) is 27.3. The van der Waals surface area contributed by atoms with Gasteiger partial charge >= 0.3 is 0 Å². The van der Waals surface area contributed by atoms with Crippen LogP contribution in [0.1, 0.15) is 0 Å². The van der Waals surface area contributed by atoms with E-state index in [-0.39, 0.29) is 0 Å². The Hall–Kier alpha value is -7.43. The predicted molar refractivity (Wildman–Crippen MR) is 227 cm³/mol. The summed E-state index contributed by atoms with van der Waals surface area (Å²) >= 11 is 0. The van der Waals surface area contributed by atoms with Crippen LogP contribution in [0.15, 0.2) is 206 Å². The maximum Gasteiger partial charge on any atom is 0.160 e. The van der Waals surface area contributed by atoms with Gasteiger partial charge in [-0.15, -0.1) is 0 Å². The van der Waals surface area contributed by atoms with E-state index in [0.29, 0.717) is 5.82 Å². The lowest BCUT2D eigenvalue weighted by Crippen LogP contribution is -1.99. The van der Waals surface area contributed by atoms with Crippen molar-refractivity contribution in [3.63, 3.8) is 0 Å². The highest BCUT2D eigenvalue weighted by atomic mass is 15.3. The van der Waals surface area contributed by atoms with E-state index in [1.165, 1.54) is 0 Å². The molecular weight excluding hydrogens is 669 g/mol. The van der Waals surface area contributed by atoms with E-state index in [2.05, 4.69) is 199 Å². The zero-order valence-corrected chi connectivity index (χ0v) is 29.9. The molecule has 0 atom stereocenters. The van der Waals surface area contributed by atoms with Gasteiger partial charge in [0.15, 0.2) is 5.82 Å². The van der Waals surface area contributed by atoms with Crippen molar-refractivity contribution < 1.29 is 0 Å². The summed E-state index contributed by atoms with van der Waals surface area (Å²) in [7, 11) is 0. The third kappa shape index (κ3) is 6.06. The largest absolute Gasteiger partial charge is 0.232 e. The molecule has 0 spiro atoms. The van der Waals surface area contributed by atoms with Crippen LogP contribution in [0.3, 0.4) is 0 Å². The summed E-state index contributed by atoms with van der Waals surface area (Å²) in [6, 6.07) is 72.0. The number of rotatable bonds is 7. The highest BCUT2D eigenvalue weighted by Crippen LogP contribution is 2.42. The highest BCUT2D eigenvalue weighted by molar-refractivity contribution is 6.17. The van der Waals surface area contributed by atoms with Crippen molar-refractivity contribution in [3.05, 3.63) is 206 Å². The van der Waals surface area contributed by atoms with Crippen LogP contribution in [-0.2, 0) is 0 Å². The van der Waals surface area contributed by atoms with E-state index < -0.39 is 0 Å². The molecule has 0 saturated carbocycles. The Bertz CT molecular complexity index is 2950. The standard InChI is InChI=1S/C51H34N4/c1-5-17-35(18-6-1)39-26-15-28-42(31-39)51-52-46(37-21-9-3-10-22-37)34-47(53-51)41-27-16-29-43(32-41)55-50-44-30-14-13-25-40(44)33-45(36-19-7-2-8-20-36)48(50)49(54-55)38-23-11-4-12-24-38/h1-34H. The molecule has 0 amide bonds. The number of benzene rings is 8. The average molecular weight is 703 g/mol. The van der Waals surface area contributed by atoms with Crippen LogP contribution in [0.4, 0.5) is 0 Å². The fourth-order valence-electron chi connectivity index (χ4n) is 7.56. The van der Waals surface area contributed by atoms with Gasteiger partial charge < -0.3 is 0 Å². The molecule has 0 fully saturated rings. The molecule has 4 heteroatoms. The van der Waals surface area contributed by atoms with Gasteiger partial charge in [0.05, 0.1) is 22.6 Å². The van der Waals surface area contributed by atoms with Crippen LogP contribution >= 0.6 is 0 Å². The van der Waals surface area contributed by atoms with Crippen molar-refractivity contribution in [2.75, 3.05) is 0 Å². The number of fused-ring (bicyclic) bond motifs is 3. The Morgan fingerprint density at radius 3 is 1.64 bits per heavy atom. The smallest absolute Gasteiger partial charge is 0.160 e. The molecule has 0 radical (unpaired) electrons. The lowest BCUT2D eigenvalue weighted by atomic mass is 9.94. The van der Waals surface area contributed by atoms with Crippen molar-refractivity contribution in [2.24, 2.45) is 0 Å².